The highest BCUT2D eigenvalue weighted by molar-refractivity contribution is 6.30. The second-order valence-electron chi connectivity index (χ2n) is 4.67. The van der Waals surface area contributed by atoms with Gasteiger partial charge in [-0.25, -0.2) is 4.98 Å². The number of hydrogen-bond acceptors (Lipinski definition) is 3. The van der Waals surface area contributed by atoms with E-state index in [-0.39, 0.29) is 5.91 Å². The van der Waals surface area contributed by atoms with Gasteiger partial charge in [0.2, 0.25) is 0 Å². The Labute approximate surface area is 126 Å². The predicted molar refractivity (Wildman–Crippen MR) is 83.7 cm³/mol. The SMILES string of the molecule is Cc1cc(NC(=O)c2cccc3cccnc23)cnc1Cl. The maximum Gasteiger partial charge on any atom is 0.257 e. The quantitative estimate of drug-likeness (QED) is 0.731. The molecule has 0 atom stereocenters. The van der Waals surface area contributed by atoms with Gasteiger partial charge in [0.25, 0.3) is 5.91 Å². The Balaban J connectivity index is 1.95. The van der Waals surface area contributed by atoms with Gasteiger partial charge in [-0.1, -0.05) is 29.8 Å². The fourth-order valence-electron chi connectivity index (χ4n) is 2.11. The van der Waals surface area contributed by atoms with E-state index < -0.39 is 0 Å². The van der Waals surface area contributed by atoms with Crippen molar-refractivity contribution in [3.63, 3.8) is 0 Å². The zero-order chi connectivity index (χ0) is 14.8. The number of fused-ring (bicyclic) bond motifs is 1. The number of nitrogens with one attached hydrogen (secondary N) is 1. The van der Waals surface area contributed by atoms with Gasteiger partial charge in [0.15, 0.2) is 0 Å². The smallest absolute Gasteiger partial charge is 0.257 e. The van der Waals surface area contributed by atoms with Crippen molar-refractivity contribution in [2.24, 2.45) is 0 Å². The Morgan fingerprint density at radius 3 is 2.81 bits per heavy atom. The van der Waals surface area contributed by atoms with Crippen molar-refractivity contribution in [3.8, 4) is 0 Å². The average Bonchev–Trinajstić information content (AvgIpc) is 2.50. The van der Waals surface area contributed by atoms with E-state index in [1.807, 2.05) is 31.2 Å². The summed E-state index contributed by atoms with van der Waals surface area (Å²) in [7, 11) is 0. The molecule has 0 saturated heterocycles. The summed E-state index contributed by atoms with van der Waals surface area (Å²) in [5.74, 6) is -0.220. The van der Waals surface area contributed by atoms with Crippen LogP contribution in [0.4, 0.5) is 5.69 Å². The molecule has 1 aromatic carbocycles. The number of hydrogen-bond donors (Lipinski definition) is 1. The van der Waals surface area contributed by atoms with Crippen molar-refractivity contribution < 1.29 is 4.79 Å². The minimum Gasteiger partial charge on any atom is -0.321 e. The summed E-state index contributed by atoms with van der Waals surface area (Å²) >= 11 is 5.88. The van der Waals surface area contributed by atoms with Crippen LogP contribution in [-0.2, 0) is 0 Å². The maximum absolute atomic E-state index is 12.4. The second kappa shape index (κ2) is 5.50. The van der Waals surface area contributed by atoms with Crippen molar-refractivity contribution in [2.45, 2.75) is 6.92 Å². The van der Waals surface area contributed by atoms with Gasteiger partial charge in [0, 0.05) is 11.6 Å². The zero-order valence-corrected chi connectivity index (χ0v) is 12.1. The molecule has 3 aromatic rings. The van der Waals surface area contributed by atoms with Gasteiger partial charge >= 0.3 is 0 Å². The van der Waals surface area contributed by atoms with Crippen molar-refractivity contribution in [1.82, 2.24) is 9.97 Å². The van der Waals surface area contributed by atoms with Crippen molar-refractivity contribution >= 4 is 34.1 Å². The highest BCUT2D eigenvalue weighted by Crippen LogP contribution is 2.19. The summed E-state index contributed by atoms with van der Waals surface area (Å²) in [6.45, 7) is 1.84. The minimum absolute atomic E-state index is 0.220. The summed E-state index contributed by atoms with van der Waals surface area (Å²) in [5.41, 5.74) is 2.62. The van der Waals surface area contributed by atoms with Gasteiger partial charge in [-0.15, -0.1) is 0 Å². The van der Waals surface area contributed by atoms with Gasteiger partial charge in [-0.05, 0) is 30.7 Å². The van der Waals surface area contributed by atoms with Crippen molar-refractivity contribution in [2.75, 3.05) is 5.32 Å². The van der Waals surface area contributed by atoms with Crippen LogP contribution in [0.2, 0.25) is 5.15 Å². The molecule has 0 saturated carbocycles. The summed E-state index contributed by atoms with van der Waals surface area (Å²) < 4.78 is 0. The number of para-hydroxylation sites is 1. The molecule has 0 spiro atoms. The molecule has 0 aliphatic carbocycles. The molecule has 0 fully saturated rings. The fourth-order valence-corrected chi connectivity index (χ4v) is 2.22. The lowest BCUT2D eigenvalue weighted by molar-refractivity contribution is 0.102. The van der Waals surface area contributed by atoms with E-state index in [1.165, 1.54) is 6.20 Å². The first-order valence-corrected chi connectivity index (χ1v) is 6.80. The van der Waals surface area contributed by atoms with Gasteiger partial charge in [-0.3, -0.25) is 9.78 Å². The minimum atomic E-state index is -0.220. The Kier molecular flexibility index (Phi) is 3.54. The van der Waals surface area contributed by atoms with E-state index in [4.69, 9.17) is 11.6 Å². The number of amides is 1. The first-order valence-electron chi connectivity index (χ1n) is 6.42. The molecule has 3 rings (SSSR count). The molecule has 5 heteroatoms. The van der Waals surface area contributed by atoms with E-state index in [2.05, 4.69) is 15.3 Å². The third-order valence-electron chi connectivity index (χ3n) is 3.15. The number of carbonyl (C=O) groups excluding carboxylic acids is 1. The molecule has 0 unspecified atom stereocenters. The number of rotatable bonds is 2. The van der Waals surface area contributed by atoms with Crippen LogP contribution in [0.3, 0.4) is 0 Å². The molecule has 0 radical (unpaired) electrons. The van der Waals surface area contributed by atoms with Gasteiger partial charge in [0.05, 0.1) is 23.0 Å². The summed E-state index contributed by atoms with van der Waals surface area (Å²) in [5, 5.41) is 4.18. The second-order valence-corrected chi connectivity index (χ2v) is 5.02. The van der Waals surface area contributed by atoms with Gasteiger partial charge in [0.1, 0.15) is 5.15 Å². The molecule has 0 aliphatic rings. The molecule has 0 aliphatic heterocycles. The Morgan fingerprint density at radius 2 is 2.00 bits per heavy atom. The van der Waals surface area contributed by atoms with Crippen LogP contribution in [0.5, 0.6) is 0 Å². The van der Waals surface area contributed by atoms with E-state index in [9.17, 15) is 4.79 Å². The number of anilines is 1. The number of benzene rings is 1. The number of carbonyl (C=O) groups is 1. The third-order valence-corrected chi connectivity index (χ3v) is 3.55. The lowest BCUT2D eigenvalue weighted by Gasteiger charge is -2.08. The molecule has 2 aromatic heterocycles. The highest BCUT2D eigenvalue weighted by Gasteiger charge is 2.11. The molecule has 2 heterocycles. The first-order chi connectivity index (χ1) is 10.1. The topological polar surface area (TPSA) is 54.9 Å². The van der Waals surface area contributed by atoms with Crippen molar-refractivity contribution in [3.05, 3.63) is 65.1 Å². The van der Waals surface area contributed by atoms with Crippen LogP contribution >= 0.6 is 11.6 Å². The molecule has 1 amide bonds. The zero-order valence-electron chi connectivity index (χ0n) is 11.3. The number of nitrogens with zero attached hydrogens (tertiary/aromatic N) is 2. The highest BCUT2D eigenvalue weighted by atomic mass is 35.5. The molecule has 104 valence electrons. The van der Waals surface area contributed by atoms with Crippen LogP contribution in [-0.4, -0.2) is 15.9 Å². The number of halogens is 1. The van der Waals surface area contributed by atoms with Crippen LogP contribution in [0, 0.1) is 6.92 Å². The van der Waals surface area contributed by atoms with Gasteiger partial charge in [-0.2, -0.15) is 0 Å². The number of aromatic nitrogens is 2. The van der Waals surface area contributed by atoms with E-state index in [1.54, 1.807) is 18.3 Å². The molecule has 1 N–H and O–H groups in total. The molecular weight excluding hydrogens is 286 g/mol. The molecular formula is C16H12ClN3O. The van der Waals surface area contributed by atoms with Crippen LogP contribution < -0.4 is 5.32 Å². The summed E-state index contributed by atoms with van der Waals surface area (Å²) in [4.78, 5) is 20.7. The predicted octanol–water partition coefficient (Wildman–Crippen LogP) is 3.84. The normalized spacial score (nSPS) is 10.6. The maximum atomic E-state index is 12.4. The van der Waals surface area contributed by atoms with Gasteiger partial charge < -0.3 is 5.32 Å². The Hall–Kier alpha value is -2.46. The lowest BCUT2D eigenvalue weighted by Crippen LogP contribution is -2.13. The van der Waals surface area contributed by atoms with E-state index >= 15 is 0 Å². The van der Waals surface area contributed by atoms with E-state index in [0.29, 0.717) is 21.9 Å². The average molecular weight is 298 g/mol. The largest absolute Gasteiger partial charge is 0.321 e. The fraction of sp³-hybridized carbons (Fsp3) is 0.0625. The molecule has 4 nitrogen and oxygen atoms in total. The summed E-state index contributed by atoms with van der Waals surface area (Å²) in [6.07, 6.45) is 3.21. The van der Waals surface area contributed by atoms with Crippen LogP contribution in [0.15, 0.2) is 48.8 Å². The summed E-state index contributed by atoms with van der Waals surface area (Å²) in [6, 6.07) is 11.1. The van der Waals surface area contributed by atoms with Crippen molar-refractivity contribution in [1.29, 1.82) is 0 Å². The standard InChI is InChI=1S/C16H12ClN3O/c1-10-8-12(9-19-15(10)17)20-16(21)13-6-2-4-11-5-3-7-18-14(11)13/h2-9H,1H3,(H,20,21). The Morgan fingerprint density at radius 1 is 1.19 bits per heavy atom. The number of pyridine rings is 2. The third kappa shape index (κ3) is 2.71. The Bertz CT molecular complexity index is 827. The van der Waals surface area contributed by atoms with E-state index in [0.717, 1.165) is 10.9 Å². The first kappa shape index (κ1) is 13.5. The number of aryl methyl sites for hydroxylation is 1. The monoisotopic (exact) mass is 297 g/mol. The molecule has 0 bridgehead atoms. The lowest BCUT2D eigenvalue weighted by atomic mass is 10.1. The van der Waals surface area contributed by atoms with Crippen LogP contribution in [0.25, 0.3) is 10.9 Å². The molecule has 21 heavy (non-hydrogen) atoms. The van der Waals surface area contributed by atoms with Crippen LogP contribution in [0.1, 0.15) is 15.9 Å².